The molecule has 130 valence electrons. The predicted molar refractivity (Wildman–Crippen MR) is 93.0 cm³/mol. The summed E-state index contributed by atoms with van der Waals surface area (Å²) in [6, 6.07) is 6.49. The molecule has 1 N–H and O–H groups in total. The largest absolute Gasteiger partial charge is 0.340 e. The summed E-state index contributed by atoms with van der Waals surface area (Å²) in [5, 5.41) is 7.66. The third kappa shape index (κ3) is 2.93. The maximum Gasteiger partial charge on any atom is 0.262 e. The van der Waals surface area contributed by atoms with Gasteiger partial charge in [0.2, 0.25) is 5.89 Å². The lowest BCUT2D eigenvalue weighted by atomic mass is 9.81. The molecule has 5 nitrogen and oxygen atoms in total. The number of fused-ring (bicyclic) bond motifs is 1. The zero-order valence-electron chi connectivity index (χ0n) is 13.8. The van der Waals surface area contributed by atoms with E-state index in [1.807, 2.05) is 6.07 Å². The molecule has 3 aromatic rings. The fourth-order valence-electron chi connectivity index (χ4n) is 3.47. The lowest BCUT2D eigenvalue weighted by molar-refractivity contribution is 0.0859. The fraction of sp³-hybridized carbons (Fsp3) is 0.389. The van der Waals surface area contributed by atoms with Gasteiger partial charge in [-0.1, -0.05) is 30.5 Å². The Bertz CT molecular complexity index is 927. The predicted octanol–water partition coefficient (Wildman–Crippen LogP) is 4.32. The molecule has 0 unspecified atom stereocenters. The molecular formula is C18H18FN3O2S. The van der Waals surface area contributed by atoms with Gasteiger partial charge in [-0.15, -0.1) is 11.3 Å². The first kappa shape index (κ1) is 16.2. The maximum absolute atomic E-state index is 13.9. The highest BCUT2D eigenvalue weighted by molar-refractivity contribution is 7.20. The smallest absolute Gasteiger partial charge is 0.262 e. The van der Waals surface area contributed by atoms with Crippen LogP contribution >= 0.6 is 11.3 Å². The second kappa shape index (κ2) is 6.22. The van der Waals surface area contributed by atoms with Gasteiger partial charge in [-0.05, 0) is 31.0 Å². The number of carbonyl (C=O) groups excluding carboxylic acids is 1. The van der Waals surface area contributed by atoms with Gasteiger partial charge in [0, 0.05) is 17.0 Å². The highest BCUT2D eigenvalue weighted by Gasteiger charge is 2.40. The molecule has 1 amide bonds. The summed E-state index contributed by atoms with van der Waals surface area (Å²) in [6.07, 6.45) is 4.67. The first-order valence-corrected chi connectivity index (χ1v) is 9.20. The van der Waals surface area contributed by atoms with Gasteiger partial charge in [0.05, 0.1) is 4.88 Å². The van der Waals surface area contributed by atoms with Gasteiger partial charge < -0.3 is 9.84 Å². The SMILES string of the molecule is Cc1nc(C2(NC(=O)c3cc4c(F)cccc4s3)CCCCC2)no1. The Hall–Kier alpha value is -2.28. The summed E-state index contributed by atoms with van der Waals surface area (Å²) in [5.41, 5.74) is -0.609. The highest BCUT2D eigenvalue weighted by atomic mass is 32.1. The standard InChI is InChI=1S/C18H18FN3O2S/c1-11-20-17(22-24-11)18(8-3-2-4-9-18)21-16(23)15-10-12-13(19)6-5-7-14(12)25-15/h5-7,10H,2-4,8-9H2,1H3,(H,21,23). The molecule has 0 aliphatic heterocycles. The summed E-state index contributed by atoms with van der Waals surface area (Å²) < 4.78 is 19.8. The Balaban J connectivity index is 1.67. The molecule has 1 fully saturated rings. The topological polar surface area (TPSA) is 68.0 Å². The van der Waals surface area contributed by atoms with Crippen LogP contribution in [0.4, 0.5) is 4.39 Å². The van der Waals surface area contributed by atoms with Gasteiger partial charge in [0.25, 0.3) is 5.91 Å². The van der Waals surface area contributed by atoms with E-state index in [9.17, 15) is 9.18 Å². The second-order valence-electron chi connectivity index (χ2n) is 6.50. The number of benzene rings is 1. The minimum Gasteiger partial charge on any atom is -0.340 e. The number of rotatable bonds is 3. The van der Waals surface area contributed by atoms with Crippen LogP contribution < -0.4 is 5.32 Å². The Morgan fingerprint density at radius 1 is 1.32 bits per heavy atom. The van der Waals surface area contributed by atoms with E-state index < -0.39 is 5.54 Å². The number of aryl methyl sites for hydroxylation is 1. The quantitative estimate of drug-likeness (QED) is 0.756. The van der Waals surface area contributed by atoms with E-state index in [1.54, 1.807) is 19.1 Å². The van der Waals surface area contributed by atoms with Crippen molar-refractivity contribution in [2.24, 2.45) is 0 Å². The zero-order chi connectivity index (χ0) is 17.4. The minimum atomic E-state index is -0.609. The minimum absolute atomic E-state index is 0.218. The molecule has 25 heavy (non-hydrogen) atoms. The van der Waals surface area contributed by atoms with Crippen molar-refractivity contribution in [1.82, 2.24) is 15.5 Å². The van der Waals surface area contributed by atoms with E-state index in [2.05, 4.69) is 15.5 Å². The molecule has 2 heterocycles. The van der Waals surface area contributed by atoms with Crippen LogP contribution in [0.2, 0.25) is 0 Å². The van der Waals surface area contributed by atoms with Gasteiger partial charge in [0.1, 0.15) is 11.4 Å². The summed E-state index contributed by atoms with van der Waals surface area (Å²) in [5.74, 6) is 0.488. The molecule has 0 saturated heterocycles. The van der Waals surface area contributed by atoms with Crippen LogP contribution in [0.5, 0.6) is 0 Å². The molecule has 0 atom stereocenters. The molecule has 1 aliphatic rings. The zero-order valence-corrected chi connectivity index (χ0v) is 14.7. The summed E-state index contributed by atoms with van der Waals surface area (Å²) in [7, 11) is 0. The molecule has 7 heteroatoms. The van der Waals surface area contributed by atoms with Crippen molar-refractivity contribution in [2.75, 3.05) is 0 Å². The van der Waals surface area contributed by atoms with Gasteiger partial charge in [-0.2, -0.15) is 4.98 Å². The summed E-state index contributed by atoms with van der Waals surface area (Å²) in [4.78, 5) is 17.7. The number of hydrogen-bond acceptors (Lipinski definition) is 5. The molecule has 0 spiro atoms. The first-order chi connectivity index (χ1) is 12.1. The van der Waals surface area contributed by atoms with Crippen LogP contribution in [-0.2, 0) is 5.54 Å². The number of halogens is 1. The van der Waals surface area contributed by atoms with E-state index >= 15 is 0 Å². The van der Waals surface area contributed by atoms with E-state index in [0.717, 1.165) is 36.8 Å². The molecule has 2 aromatic heterocycles. The van der Waals surface area contributed by atoms with E-state index in [0.29, 0.717) is 22.0 Å². The Morgan fingerprint density at radius 3 is 2.80 bits per heavy atom. The third-order valence-corrected chi connectivity index (χ3v) is 5.85. The normalized spacial score (nSPS) is 16.9. The lowest BCUT2D eigenvalue weighted by Gasteiger charge is -2.35. The van der Waals surface area contributed by atoms with Crippen LogP contribution in [0, 0.1) is 12.7 Å². The molecule has 0 bridgehead atoms. The summed E-state index contributed by atoms with van der Waals surface area (Å²) in [6.45, 7) is 1.74. The lowest BCUT2D eigenvalue weighted by Crippen LogP contribution is -2.47. The monoisotopic (exact) mass is 359 g/mol. The van der Waals surface area contributed by atoms with Gasteiger partial charge in [-0.25, -0.2) is 4.39 Å². The number of amides is 1. The fourth-order valence-corrected chi connectivity index (χ4v) is 4.44. The number of nitrogens with one attached hydrogen (secondary N) is 1. The number of nitrogens with zero attached hydrogens (tertiary/aromatic N) is 2. The molecule has 4 rings (SSSR count). The van der Waals surface area contributed by atoms with Gasteiger partial charge in [0.15, 0.2) is 5.82 Å². The second-order valence-corrected chi connectivity index (χ2v) is 7.58. The van der Waals surface area contributed by atoms with Gasteiger partial charge >= 0.3 is 0 Å². The average molecular weight is 359 g/mol. The van der Waals surface area contributed by atoms with E-state index in [1.165, 1.54) is 17.4 Å². The number of hydrogen-bond donors (Lipinski definition) is 1. The molecule has 1 aliphatic carbocycles. The van der Waals surface area contributed by atoms with Crippen molar-refractivity contribution in [1.29, 1.82) is 0 Å². The van der Waals surface area contributed by atoms with Crippen molar-refractivity contribution < 1.29 is 13.7 Å². The van der Waals surface area contributed by atoms with Crippen molar-refractivity contribution in [3.05, 3.63) is 46.7 Å². The number of aromatic nitrogens is 2. The number of carbonyl (C=O) groups is 1. The van der Waals surface area contributed by atoms with Crippen LogP contribution in [-0.4, -0.2) is 16.0 Å². The Morgan fingerprint density at radius 2 is 2.12 bits per heavy atom. The molecule has 1 saturated carbocycles. The Kier molecular flexibility index (Phi) is 4.03. The maximum atomic E-state index is 13.9. The van der Waals surface area contributed by atoms with Gasteiger partial charge in [-0.3, -0.25) is 4.79 Å². The van der Waals surface area contributed by atoms with Crippen molar-refractivity contribution in [2.45, 2.75) is 44.6 Å². The average Bonchev–Trinajstić information content (AvgIpc) is 3.23. The van der Waals surface area contributed by atoms with E-state index in [4.69, 9.17) is 4.52 Å². The van der Waals surface area contributed by atoms with Crippen LogP contribution in [0.15, 0.2) is 28.8 Å². The van der Waals surface area contributed by atoms with Crippen molar-refractivity contribution >= 4 is 27.3 Å². The van der Waals surface area contributed by atoms with E-state index in [-0.39, 0.29) is 11.7 Å². The molecular weight excluding hydrogens is 341 g/mol. The summed E-state index contributed by atoms with van der Waals surface area (Å²) >= 11 is 1.29. The van der Waals surface area contributed by atoms with Crippen LogP contribution in [0.25, 0.3) is 10.1 Å². The van der Waals surface area contributed by atoms with Crippen LogP contribution in [0.1, 0.15) is 53.5 Å². The molecule has 0 radical (unpaired) electrons. The highest BCUT2D eigenvalue weighted by Crippen LogP contribution is 2.36. The number of thiophene rings is 1. The van der Waals surface area contributed by atoms with Crippen molar-refractivity contribution in [3.63, 3.8) is 0 Å². The first-order valence-electron chi connectivity index (χ1n) is 8.39. The third-order valence-electron chi connectivity index (χ3n) is 4.75. The Labute approximate surface area is 148 Å². The molecule has 1 aromatic carbocycles. The van der Waals surface area contributed by atoms with Crippen molar-refractivity contribution in [3.8, 4) is 0 Å². The van der Waals surface area contributed by atoms with Crippen LogP contribution in [0.3, 0.4) is 0 Å².